The molecule has 0 spiro atoms. The second kappa shape index (κ2) is 9.08. The molecule has 0 radical (unpaired) electrons. The number of benzene rings is 2. The van der Waals surface area contributed by atoms with E-state index in [0.29, 0.717) is 11.1 Å². The Hall–Kier alpha value is -4.01. The van der Waals surface area contributed by atoms with Gasteiger partial charge in [-0.05, 0) is 41.5 Å². The average molecular weight is 384 g/mol. The second-order valence-electron chi connectivity index (χ2n) is 5.56. The average Bonchev–Trinajstić information content (AvgIpc) is 2.67. The Kier molecular flexibility index (Phi) is 6.58. The number of nitro benzene ring substituents is 1. The minimum atomic E-state index is -0.679. The van der Waals surface area contributed by atoms with Crippen molar-refractivity contribution in [3.05, 3.63) is 85.6 Å². The van der Waals surface area contributed by atoms with Crippen LogP contribution in [0, 0.1) is 20.2 Å². The van der Waals surface area contributed by atoms with Crippen molar-refractivity contribution in [3.8, 4) is 11.5 Å². The topological polar surface area (TPSA) is 122 Å². The number of nitro groups is 2. The van der Waals surface area contributed by atoms with Gasteiger partial charge in [-0.3, -0.25) is 20.2 Å². The molecule has 2 aromatic rings. The van der Waals surface area contributed by atoms with E-state index in [9.17, 15) is 25.0 Å². The SMILES string of the molecule is COc1cc(/C=C(/C)[N+](=O)[O-])ccc1OC(=O)/C=C/c1ccc([N+](=O)[O-])cc1. The Morgan fingerprint density at radius 1 is 1.00 bits per heavy atom. The molecule has 0 aliphatic carbocycles. The van der Waals surface area contributed by atoms with Gasteiger partial charge in [0.15, 0.2) is 11.5 Å². The summed E-state index contributed by atoms with van der Waals surface area (Å²) in [6.45, 7) is 1.36. The maximum atomic E-state index is 12.0. The van der Waals surface area contributed by atoms with E-state index >= 15 is 0 Å². The summed E-state index contributed by atoms with van der Waals surface area (Å²) in [5.41, 5.74) is 1.02. The van der Waals surface area contributed by atoms with Crippen LogP contribution in [0.2, 0.25) is 0 Å². The van der Waals surface area contributed by atoms with Gasteiger partial charge in [0.05, 0.1) is 17.0 Å². The van der Waals surface area contributed by atoms with E-state index in [1.807, 2.05) is 0 Å². The van der Waals surface area contributed by atoms with Crippen LogP contribution in [0.4, 0.5) is 5.69 Å². The van der Waals surface area contributed by atoms with Crippen LogP contribution in [0.15, 0.2) is 54.2 Å². The van der Waals surface area contributed by atoms with E-state index < -0.39 is 15.8 Å². The fourth-order valence-electron chi connectivity index (χ4n) is 2.17. The van der Waals surface area contributed by atoms with Gasteiger partial charge in [-0.2, -0.15) is 0 Å². The largest absolute Gasteiger partial charge is 0.493 e. The van der Waals surface area contributed by atoms with Crippen LogP contribution in [0.1, 0.15) is 18.1 Å². The summed E-state index contributed by atoms with van der Waals surface area (Å²) in [6.07, 6.45) is 3.99. The molecule has 0 fully saturated rings. The quantitative estimate of drug-likeness (QED) is 0.233. The van der Waals surface area contributed by atoms with Crippen molar-refractivity contribution in [2.45, 2.75) is 6.92 Å². The molecule has 28 heavy (non-hydrogen) atoms. The van der Waals surface area contributed by atoms with Crippen LogP contribution < -0.4 is 9.47 Å². The van der Waals surface area contributed by atoms with Crippen LogP contribution in [0.25, 0.3) is 12.2 Å². The first-order valence-corrected chi connectivity index (χ1v) is 7.95. The first-order chi connectivity index (χ1) is 13.3. The van der Waals surface area contributed by atoms with Gasteiger partial charge < -0.3 is 9.47 Å². The van der Waals surface area contributed by atoms with E-state index in [4.69, 9.17) is 9.47 Å². The highest BCUT2D eigenvalue weighted by atomic mass is 16.6. The molecule has 144 valence electrons. The molecule has 0 bridgehead atoms. The number of hydrogen-bond donors (Lipinski definition) is 0. The molecule has 0 aromatic heterocycles. The van der Waals surface area contributed by atoms with Crippen molar-refractivity contribution < 1.29 is 24.1 Å². The summed E-state index contributed by atoms with van der Waals surface area (Å²) in [6, 6.07) is 10.2. The van der Waals surface area contributed by atoms with Crippen molar-refractivity contribution in [2.75, 3.05) is 7.11 Å². The van der Waals surface area contributed by atoms with Gasteiger partial charge in [0.25, 0.3) is 5.69 Å². The van der Waals surface area contributed by atoms with Crippen molar-refractivity contribution in [3.63, 3.8) is 0 Å². The molecule has 9 heteroatoms. The highest BCUT2D eigenvalue weighted by molar-refractivity contribution is 5.89. The van der Waals surface area contributed by atoms with Gasteiger partial charge in [0, 0.05) is 31.2 Å². The number of hydrogen-bond acceptors (Lipinski definition) is 7. The van der Waals surface area contributed by atoms with Gasteiger partial charge in [-0.15, -0.1) is 0 Å². The van der Waals surface area contributed by atoms with Crippen LogP contribution in [0.3, 0.4) is 0 Å². The van der Waals surface area contributed by atoms with E-state index in [-0.39, 0.29) is 22.9 Å². The molecule has 0 aliphatic heterocycles. The predicted octanol–water partition coefficient (Wildman–Crippen LogP) is 3.86. The molecule has 0 unspecified atom stereocenters. The van der Waals surface area contributed by atoms with Gasteiger partial charge in [0.2, 0.25) is 5.70 Å². The molecule has 0 saturated heterocycles. The molecule has 2 rings (SSSR count). The Balaban J connectivity index is 2.11. The standard InChI is InChI=1S/C19H16N2O7/c1-13(20(23)24)11-15-5-9-17(18(12-15)27-2)28-19(22)10-6-14-3-7-16(8-4-14)21(25)26/h3-12H,1-2H3/b10-6+,13-11-. The van der Waals surface area contributed by atoms with Crippen molar-refractivity contribution in [2.24, 2.45) is 0 Å². The van der Waals surface area contributed by atoms with Crippen LogP contribution in [-0.2, 0) is 4.79 Å². The number of non-ortho nitro benzene ring substituents is 1. The van der Waals surface area contributed by atoms with Crippen LogP contribution in [-0.4, -0.2) is 22.9 Å². The Bertz CT molecular complexity index is 963. The predicted molar refractivity (Wildman–Crippen MR) is 101 cm³/mol. The van der Waals surface area contributed by atoms with Gasteiger partial charge in [-0.25, -0.2) is 4.79 Å². The first kappa shape index (κ1) is 20.3. The lowest BCUT2D eigenvalue weighted by Gasteiger charge is -2.08. The zero-order valence-corrected chi connectivity index (χ0v) is 15.0. The maximum Gasteiger partial charge on any atom is 0.336 e. The number of allylic oxidation sites excluding steroid dienone is 1. The zero-order valence-electron chi connectivity index (χ0n) is 15.0. The maximum absolute atomic E-state index is 12.0. The molecule has 0 atom stereocenters. The summed E-state index contributed by atoms with van der Waals surface area (Å²) in [7, 11) is 1.38. The molecule has 0 amide bonds. The van der Waals surface area contributed by atoms with E-state index in [1.165, 1.54) is 68.7 Å². The lowest BCUT2D eigenvalue weighted by atomic mass is 10.1. The Morgan fingerprint density at radius 2 is 1.64 bits per heavy atom. The third-order valence-corrected chi connectivity index (χ3v) is 3.58. The van der Waals surface area contributed by atoms with E-state index in [0.717, 1.165) is 0 Å². The van der Waals surface area contributed by atoms with E-state index in [1.54, 1.807) is 6.07 Å². The molecule has 0 aliphatic rings. The van der Waals surface area contributed by atoms with Crippen molar-refractivity contribution >= 4 is 23.8 Å². The minimum Gasteiger partial charge on any atom is -0.493 e. The number of methoxy groups -OCH3 is 1. The number of ether oxygens (including phenoxy) is 2. The molecule has 2 aromatic carbocycles. The second-order valence-corrected chi connectivity index (χ2v) is 5.56. The van der Waals surface area contributed by atoms with E-state index in [2.05, 4.69) is 0 Å². The summed E-state index contributed by atoms with van der Waals surface area (Å²) < 4.78 is 10.4. The fourth-order valence-corrected chi connectivity index (χ4v) is 2.17. The third kappa shape index (κ3) is 5.49. The van der Waals surface area contributed by atoms with Crippen molar-refractivity contribution in [1.29, 1.82) is 0 Å². The van der Waals surface area contributed by atoms with Crippen LogP contribution in [0.5, 0.6) is 11.5 Å². The fraction of sp³-hybridized carbons (Fsp3) is 0.105. The summed E-state index contributed by atoms with van der Waals surface area (Å²) in [5.74, 6) is -0.292. The summed E-state index contributed by atoms with van der Waals surface area (Å²) in [5, 5.41) is 21.3. The van der Waals surface area contributed by atoms with Crippen molar-refractivity contribution in [1.82, 2.24) is 0 Å². The number of nitrogens with zero attached hydrogens (tertiary/aromatic N) is 2. The lowest BCUT2D eigenvalue weighted by molar-refractivity contribution is -0.422. The first-order valence-electron chi connectivity index (χ1n) is 7.95. The molecule has 9 nitrogen and oxygen atoms in total. The molecule has 0 heterocycles. The van der Waals surface area contributed by atoms with Crippen LogP contribution >= 0.6 is 0 Å². The number of esters is 1. The molecular weight excluding hydrogens is 368 g/mol. The zero-order chi connectivity index (χ0) is 20.7. The molecular formula is C19H16N2O7. The normalized spacial score (nSPS) is 11.3. The number of carbonyl (C=O) groups excluding carboxylic acids is 1. The lowest BCUT2D eigenvalue weighted by Crippen LogP contribution is -2.05. The highest BCUT2D eigenvalue weighted by Gasteiger charge is 2.10. The third-order valence-electron chi connectivity index (χ3n) is 3.58. The highest BCUT2D eigenvalue weighted by Crippen LogP contribution is 2.29. The molecule has 0 saturated carbocycles. The smallest absolute Gasteiger partial charge is 0.336 e. The van der Waals surface area contributed by atoms with Gasteiger partial charge in [-0.1, -0.05) is 6.07 Å². The summed E-state index contributed by atoms with van der Waals surface area (Å²) in [4.78, 5) is 32.3. The Morgan fingerprint density at radius 3 is 2.21 bits per heavy atom. The minimum absolute atomic E-state index is 0.0437. The monoisotopic (exact) mass is 384 g/mol. The van der Waals surface area contributed by atoms with Gasteiger partial charge >= 0.3 is 5.97 Å². The number of carbonyl (C=O) groups is 1. The molecule has 0 N–H and O–H groups in total. The summed E-state index contributed by atoms with van der Waals surface area (Å²) >= 11 is 0. The Labute approximate surface area is 159 Å². The number of rotatable bonds is 7. The van der Waals surface area contributed by atoms with Gasteiger partial charge in [0.1, 0.15) is 0 Å².